The fourth-order valence-electron chi connectivity index (χ4n) is 6.03. The quantitative estimate of drug-likeness (QED) is 0.0447. The maximum Gasteiger partial charge on any atom is 0.157 e. The molecule has 0 spiro atoms. The van der Waals surface area contributed by atoms with Crippen LogP contribution in [0.5, 0.6) is 0 Å². The second-order valence-electron chi connectivity index (χ2n) is 13.8. The van der Waals surface area contributed by atoms with Crippen molar-refractivity contribution in [2.24, 2.45) is 0 Å². The highest BCUT2D eigenvalue weighted by Crippen LogP contribution is 2.16. The zero-order chi connectivity index (χ0) is 34.3. The van der Waals surface area contributed by atoms with Crippen molar-refractivity contribution in [1.29, 1.82) is 0 Å². The molecular weight excluding hydrogens is 600 g/mol. The van der Waals surface area contributed by atoms with E-state index in [-0.39, 0.29) is 12.6 Å². The summed E-state index contributed by atoms with van der Waals surface area (Å²) in [6.45, 7) is 4.09. The molecule has 0 amide bonds. The standard InChI is InChI=1S/C21H40O3.C21H38O3/c2*22-18-14-11-9-7-5-3-1-2-4-6-8-10-12-15-19-23-21-17-13-16-20-24-21/h6,8,21-22H,1-5,7,9-20H2;21-22H,1-5,7,9-20H2/b8-6-;. The molecule has 0 bridgehead atoms. The van der Waals surface area contributed by atoms with Gasteiger partial charge in [0, 0.05) is 52.5 Å². The molecule has 0 aliphatic carbocycles. The molecule has 48 heavy (non-hydrogen) atoms. The first-order chi connectivity index (χ1) is 23.9. The van der Waals surface area contributed by atoms with Gasteiger partial charge in [0.05, 0.1) is 0 Å². The zero-order valence-corrected chi connectivity index (χ0v) is 31.3. The van der Waals surface area contributed by atoms with Crippen LogP contribution in [0.4, 0.5) is 0 Å². The number of unbranched alkanes of at least 4 members (excludes halogenated alkanes) is 20. The van der Waals surface area contributed by atoms with Crippen molar-refractivity contribution >= 4 is 0 Å². The summed E-state index contributed by atoms with van der Waals surface area (Å²) in [7, 11) is 0. The molecule has 0 saturated carbocycles. The van der Waals surface area contributed by atoms with Crippen LogP contribution in [0.3, 0.4) is 0 Å². The highest BCUT2D eigenvalue weighted by Gasteiger charge is 2.14. The molecule has 2 rings (SSSR count). The third kappa shape index (κ3) is 33.6. The van der Waals surface area contributed by atoms with Crippen LogP contribution in [-0.2, 0) is 18.9 Å². The van der Waals surface area contributed by atoms with Gasteiger partial charge in [0.2, 0.25) is 0 Å². The molecule has 2 fully saturated rings. The van der Waals surface area contributed by atoms with E-state index < -0.39 is 0 Å². The topological polar surface area (TPSA) is 77.4 Å². The summed E-state index contributed by atoms with van der Waals surface area (Å²) in [5.41, 5.74) is 0. The van der Waals surface area contributed by atoms with Crippen molar-refractivity contribution in [2.75, 3.05) is 39.6 Å². The van der Waals surface area contributed by atoms with Gasteiger partial charge in [-0.15, -0.1) is 11.8 Å². The Labute approximate surface area is 297 Å². The predicted octanol–water partition coefficient (Wildman–Crippen LogP) is 11.0. The van der Waals surface area contributed by atoms with Crippen molar-refractivity contribution in [3.8, 4) is 11.8 Å². The van der Waals surface area contributed by atoms with Crippen LogP contribution >= 0.6 is 0 Å². The molecule has 2 heterocycles. The maximum absolute atomic E-state index is 8.71. The molecule has 6 heteroatoms. The Morgan fingerprint density at radius 1 is 0.458 bits per heavy atom. The maximum atomic E-state index is 8.71. The van der Waals surface area contributed by atoms with E-state index in [1.807, 2.05) is 0 Å². The van der Waals surface area contributed by atoms with E-state index in [1.165, 1.54) is 135 Å². The van der Waals surface area contributed by atoms with E-state index in [0.717, 1.165) is 84.2 Å². The Morgan fingerprint density at radius 2 is 0.833 bits per heavy atom. The van der Waals surface area contributed by atoms with E-state index in [4.69, 9.17) is 29.2 Å². The van der Waals surface area contributed by atoms with Crippen LogP contribution in [0, 0.1) is 11.8 Å². The Bertz CT molecular complexity index is 705. The van der Waals surface area contributed by atoms with E-state index in [9.17, 15) is 0 Å². The van der Waals surface area contributed by atoms with Gasteiger partial charge in [-0.1, -0.05) is 89.2 Å². The lowest BCUT2D eigenvalue weighted by Gasteiger charge is -2.22. The van der Waals surface area contributed by atoms with E-state index >= 15 is 0 Å². The first-order valence-corrected chi connectivity index (χ1v) is 20.7. The fourth-order valence-corrected chi connectivity index (χ4v) is 6.03. The summed E-state index contributed by atoms with van der Waals surface area (Å²) in [4.78, 5) is 0. The Morgan fingerprint density at radius 3 is 1.27 bits per heavy atom. The molecule has 2 aliphatic rings. The average Bonchev–Trinajstić information content (AvgIpc) is 3.12. The van der Waals surface area contributed by atoms with Gasteiger partial charge in [-0.2, -0.15) is 0 Å². The van der Waals surface area contributed by atoms with Gasteiger partial charge >= 0.3 is 0 Å². The van der Waals surface area contributed by atoms with Gasteiger partial charge in [-0.25, -0.2) is 0 Å². The highest BCUT2D eigenvalue weighted by atomic mass is 16.7. The summed E-state index contributed by atoms with van der Waals surface area (Å²) in [6, 6.07) is 0. The van der Waals surface area contributed by atoms with Crippen LogP contribution in [0.2, 0.25) is 0 Å². The number of allylic oxidation sites excluding steroid dienone is 2. The predicted molar refractivity (Wildman–Crippen MR) is 201 cm³/mol. The lowest BCUT2D eigenvalue weighted by Crippen LogP contribution is -2.22. The minimum atomic E-state index is 0.0551. The molecule has 2 unspecified atom stereocenters. The molecule has 2 N–H and O–H groups in total. The van der Waals surface area contributed by atoms with Crippen LogP contribution in [0.25, 0.3) is 0 Å². The SMILES string of the molecule is OCCCCCCCCCC/C=C\CCCCOC1CCCCO1.OCCCCCCCCCCC#CCCCCOC1CCCCO1. The second kappa shape index (κ2) is 38.9. The molecule has 6 nitrogen and oxygen atoms in total. The van der Waals surface area contributed by atoms with Gasteiger partial charge in [-0.05, 0) is 103 Å². The monoisotopic (exact) mass is 679 g/mol. The Kier molecular flexibility index (Phi) is 36.5. The minimum absolute atomic E-state index is 0.0551. The van der Waals surface area contributed by atoms with Crippen molar-refractivity contribution < 1.29 is 29.2 Å². The van der Waals surface area contributed by atoms with Crippen molar-refractivity contribution in [3.05, 3.63) is 12.2 Å². The first kappa shape index (κ1) is 45.1. The molecule has 2 atom stereocenters. The summed E-state index contributed by atoms with van der Waals surface area (Å²) in [5, 5.41) is 17.4. The number of aliphatic hydroxyl groups is 2. The molecule has 0 radical (unpaired) electrons. The van der Waals surface area contributed by atoms with E-state index in [1.54, 1.807) is 0 Å². The molecular formula is C42H78O6. The molecule has 0 aromatic rings. The van der Waals surface area contributed by atoms with Crippen LogP contribution in [0.15, 0.2) is 12.2 Å². The van der Waals surface area contributed by atoms with Crippen molar-refractivity contribution in [3.63, 3.8) is 0 Å². The third-order valence-electron chi connectivity index (χ3n) is 9.13. The van der Waals surface area contributed by atoms with Gasteiger partial charge in [0.1, 0.15) is 0 Å². The lowest BCUT2D eigenvalue weighted by molar-refractivity contribution is -0.163. The number of aliphatic hydroxyl groups excluding tert-OH is 2. The van der Waals surface area contributed by atoms with Crippen molar-refractivity contribution in [2.45, 2.75) is 205 Å². The summed E-state index contributed by atoms with van der Waals surface area (Å²) < 4.78 is 22.5. The second-order valence-corrected chi connectivity index (χ2v) is 13.8. The number of rotatable bonds is 30. The Balaban J connectivity index is 0.000000480. The minimum Gasteiger partial charge on any atom is -0.396 e. The van der Waals surface area contributed by atoms with Gasteiger partial charge < -0.3 is 29.2 Å². The molecule has 2 saturated heterocycles. The largest absolute Gasteiger partial charge is 0.396 e. The third-order valence-corrected chi connectivity index (χ3v) is 9.13. The normalized spacial score (nSPS) is 18.0. The summed E-state index contributed by atoms with van der Waals surface area (Å²) >= 11 is 0. The van der Waals surface area contributed by atoms with Crippen molar-refractivity contribution in [1.82, 2.24) is 0 Å². The molecule has 0 aromatic heterocycles. The van der Waals surface area contributed by atoms with Crippen LogP contribution in [0.1, 0.15) is 193 Å². The number of hydrogen-bond acceptors (Lipinski definition) is 6. The van der Waals surface area contributed by atoms with Crippen LogP contribution < -0.4 is 0 Å². The Hall–Kier alpha value is -0.940. The fraction of sp³-hybridized carbons (Fsp3) is 0.905. The van der Waals surface area contributed by atoms with E-state index in [0.29, 0.717) is 13.2 Å². The smallest absolute Gasteiger partial charge is 0.157 e. The van der Waals surface area contributed by atoms with Gasteiger partial charge in [0.25, 0.3) is 0 Å². The average molecular weight is 679 g/mol. The number of hydrogen-bond donors (Lipinski definition) is 2. The van der Waals surface area contributed by atoms with E-state index in [2.05, 4.69) is 24.0 Å². The molecule has 282 valence electrons. The van der Waals surface area contributed by atoms with Gasteiger partial charge in [-0.3, -0.25) is 0 Å². The zero-order valence-electron chi connectivity index (χ0n) is 31.3. The number of ether oxygens (including phenoxy) is 4. The first-order valence-electron chi connectivity index (χ1n) is 20.7. The summed E-state index contributed by atoms with van der Waals surface area (Å²) in [5.74, 6) is 6.59. The molecule has 0 aromatic carbocycles. The van der Waals surface area contributed by atoms with Crippen LogP contribution in [-0.4, -0.2) is 62.4 Å². The highest BCUT2D eigenvalue weighted by molar-refractivity contribution is 4.98. The summed E-state index contributed by atoms with van der Waals surface area (Å²) in [6.07, 6.45) is 41.0. The van der Waals surface area contributed by atoms with Gasteiger partial charge in [0.15, 0.2) is 12.6 Å². The molecule has 2 aliphatic heterocycles. The lowest BCUT2D eigenvalue weighted by atomic mass is 10.1.